The lowest BCUT2D eigenvalue weighted by atomic mass is 9.84. The molecule has 0 aromatic heterocycles. The van der Waals surface area contributed by atoms with Crippen LogP contribution in [0.1, 0.15) is 23.5 Å². The maximum atomic E-state index is 5.82. The van der Waals surface area contributed by atoms with E-state index < -0.39 is 0 Å². The Balaban J connectivity index is 2.00. The molecule has 1 unspecified atom stereocenters. The molecular formula is C19H14OS. The van der Waals surface area contributed by atoms with Gasteiger partial charge in [-0.25, -0.2) is 0 Å². The van der Waals surface area contributed by atoms with E-state index >= 15 is 0 Å². The van der Waals surface area contributed by atoms with Gasteiger partial charge < -0.3 is 4.74 Å². The van der Waals surface area contributed by atoms with E-state index in [4.69, 9.17) is 17.0 Å². The van der Waals surface area contributed by atoms with Crippen molar-refractivity contribution >= 4 is 28.0 Å². The zero-order chi connectivity index (χ0) is 14.2. The topological polar surface area (TPSA) is 9.23 Å². The molecule has 4 rings (SSSR count). The molecule has 0 N–H and O–H groups in total. The van der Waals surface area contributed by atoms with Crippen LogP contribution in [0.25, 0.3) is 10.8 Å². The fourth-order valence-electron chi connectivity index (χ4n) is 3.13. The van der Waals surface area contributed by atoms with Gasteiger partial charge in [0.25, 0.3) is 0 Å². The minimum atomic E-state index is 0.272. The minimum Gasteiger partial charge on any atom is -0.450 e. The van der Waals surface area contributed by atoms with Crippen LogP contribution >= 0.6 is 12.2 Å². The molecule has 3 aromatic rings. The van der Waals surface area contributed by atoms with Crippen LogP contribution in [0.4, 0.5) is 0 Å². The molecule has 0 spiro atoms. The Kier molecular flexibility index (Phi) is 2.97. The molecule has 21 heavy (non-hydrogen) atoms. The summed E-state index contributed by atoms with van der Waals surface area (Å²) in [4.78, 5) is 0. The smallest absolute Gasteiger partial charge is 0.168 e. The van der Waals surface area contributed by atoms with Gasteiger partial charge in [0.05, 0.1) is 0 Å². The lowest BCUT2D eigenvalue weighted by Gasteiger charge is -2.28. The maximum absolute atomic E-state index is 5.82. The van der Waals surface area contributed by atoms with Crippen molar-refractivity contribution in [2.45, 2.75) is 12.3 Å². The van der Waals surface area contributed by atoms with E-state index in [1.54, 1.807) is 0 Å². The zero-order valence-corrected chi connectivity index (χ0v) is 12.3. The first-order valence-corrected chi connectivity index (χ1v) is 7.51. The number of thiocarbonyl (C=S) groups is 1. The molecule has 2 heteroatoms. The number of hydrogen-bond acceptors (Lipinski definition) is 2. The van der Waals surface area contributed by atoms with E-state index in [-0.39, 0.29) is 5.92 Å². The molecule has 0 bridgehead atoms. The summed E-state index contributed by atoms with van der Waals surface area (Å²) in [5, 5.41) is 3.17. The van der Waals surface area contributed by atoms with Gasteiger partial charge >= 0.3 is 0 Å². The molecule has 0 saturated heterocycles. The number of hydrogen-bond donors (Lipinski definition) is 0. The largest absolute Gasteiger partial charge is 0.450 e. The fourth-order valence-corrected chi connectivity index (χ4v) is 3.38. The van der Waals surface area contributed by atoms with Gasteiger partial charge in [-0.1, -0.05) is 60.7 Å². The summed E-state index contributed by atoms with van der Waals surface area (Å²) in [7, 11) is 0. The van der Waals surface area contributed by atoms with Crippen molar-refractivity contribution in [3.63, 3.8) is 0 Å². The Morgan fingerprint density at radius 3 is 2.48 bits per heavy atom. The fraction of sp³-hybridized carbons (Fsp3) is 0.105. The van der Waals surface area contributed by atoms with Crippen molar-refractivity contribution in [3.8, 4) is 5.75 Å². The number of ether oxygens (including phenoxy) is 1. The van der Waals surface area contributed by atoms with Gasteiger partial charge in [-0.3, -0.25) is 0 Å². The van der Waals surface area contributed by atoms with Gasteiger partial charge in [0.15, 0.2) is 5.05 Å². The molecule has 1 heterocycles. The molecule has 1 nitrogen and oxygen atoms in total. The first-order valence-electron chi connectivity index (χ1n) is 7.10. The Bertz CT molecular complexity index is 823. The van der Waals surface area contributed by atoms with E-state index in [0.717, 1.165) is 12.2 Å². The summed E-state index contributed by atoms with van der Waals surface area (Å²) >= 11 is 5.36. The van der Waals surface area contributed by atoms with Crippen LogP contribution in [0, 0.1) is 0 Å². The molecule has 0 fully saturated rings. The number of fused-ring (bicyclic) bond motifs is 3. The summed E-state index contributed by atoms with van der Waals surface area (Å²) in [6, 6.07) is 23.2. The highest BCUT2D eigenvalue weighted by Gasteiger charge is 2.27. The molecule has 102 valence electrons. The molecule has 0 radical (unpaired) electrons. The van der Waals surface area contributed by atoms with Crippen LogP contribution in [-0.4, -0.2) is 5.05 Å². The average Bonchev–Trinajstić information content (AvgIpc) is 2.54. The van der Waals surface area contributed by atoms with E-state index in [1.165, 1.54) is 21.9 Å². The monoisotopic (exact) mass is 290 g/mol. The lowest BCUT2D eigenvalue weighted by Crippen LogP contribution is -2.19. The molecule has 1 aliphatic rings. The van der Waals surface area contributed by atoms with Crippen molar-refractivity contribution in [1.82, 2.24) is 0 Å². The molecule has 3 aromatic carbocycles. The van der Waals surface area contributed by atoms with Gasteiger partial charge in [-0.2, -0.15) is 0 Å². The predicted molar refractivity (Wildman–Crippen MR) is 90.1 cm³/mol. The first kappa shape index (κ1) is 12.5. The van der Waals surface area contributed by atoms with Crippen LogP contribution in [-0.2, 0) is 0 Å². The standard InChI is InChI=1S/C19H14OS/c21-18-12-16(13-6-2-1-3-7-13)19-15-9-5-4-8-14(15)10-11-17(19)20-18/h1-11,16H,12H2. The summed E-state index contributed by atoms with van der Waals surface area (Å²) in [6.45, 7) is 0. The van der Waals surface area contributed by atoms with Gasteiger partial charge in [-0.15, -0.1) is 0 Å². The van der Waals surface area contributed by atoms with Gasteiger partial charge in [0.2, 0.25) is 0 Å². The molecular weight excluding hydrogens is 276 g/mol. The third kappa shape index (κ3) is 2.12. The first-order chi connectivity index (χ1) is 10.3. The van der Waals surface area contributed by atoms with Gasteiger partial charge in [-0.05, 0) is 34.6 Å². The van der Waals surface area contributed by atoms with E-state index in [9.17, 15) is 0 Å². The number of benzene rings is 3. The summed E-state index contributed by atoms with van der Waals surface area (Å²) in [5.41, 5.74) is 2.55. The summed E-state index contributed by atoms with van der Waals surface area (Å²) in [6.07, 6.45) is 0.764. The van der Waals surface area contributed by atoms with E-state index in [2.05, 4.69) is 54.6 Å². The Morgan fingerprint density at radius 1 is 0.857 bits per heavy atom. The predicted octanol–water partition coefficient (Wildman–Crippen LogP) is 5.08. The average molecular weight is 290 g/mol. The summed E-state index contributed by atoms with van der Waals surface area (Å²) in [5.74, 6) is 1.17. The van der Waals surface area contributed by atoms with Crippen molar-refractivity contribution in [1.29, 1.82) is 0 Å². The highest BCUT2D eigenvalue weighted by Crippen LogP contribution is 2.43. The molecule has 1 aliphatic heterocycles. The van der Waals surface area contributed by atoms with Crippen LogP contribution in [0.15, 0.2) is 66.7 Å². The van der Waals surface area contributed by atoms with E-state index in [1.807, 2.05) is 12.1 Å². The summed E-state index contributed by atoms with van der Waals surface area (Å²) < 4.78 is 5.82. The van der Waals surface area contributed by atoms with Gasteiger partial charge in [0.1, 0.15) is 5.75 Å². The van der Waals surface area contributed by atoms with Crippen LogP contribution < -0.4 is 4.74 Å². The normalized spacial score (nSPS) is 17.3. The highest BCUT2D eigenvalue weighted by molar-refractivity contribution is 7.80. The second-order valence-electron chi connectivity index (χ2n) is 5.34. The van der Waals surface area contributed by atoms with Crippen LogP contribution in [0.5, 0.6) is 5.75 Å². The van der Waals surface area contributed by atoms with Crippen LogP contribution in [0.2, 0.25) is 0 Å². The lowest BCUT2D eigenvalue weighted by molar-refractivity contribution is 0.505. The zero-order valence-electron chi connectivity index (χ0n) is 11.5. The second-order valence-corrected chi connectivity index (χ2v) is 5.80. The maximum Gasteiger partial charge on any atom is 0.168 e. The highest BCUT2D eigenvalue weighted by atomic mass is 32.1. The van der Waals surface area contributed by atoms with Gasteiger partial charge in [0, 0.05) is 17.9 Å². The molecule has 0 aliphatic carbocycles. The third-order valence-corrected chi connectivity index (χ3v) is 4.33. The Labute approximate surface area is 129 Å². The molecule has 0 amide bonds. The molecule has 0 saturated carbocycles. The second kappa shape index (κ2) is 4.97. The SMILES string of the molecule is S=C1CC(c2ccccc2)c2c(ccc3ccccc23)O1. The minimum absolute atomic E-state index is 0.272. The Hall–Kier alpha value is -2.19. The van der Waals surface area contributed by atoms with E-state index in [0.29, 0.717) is 5.05 Å². The molecule has 1 atom stereocenters. The quantitative estimate of drug-likeness (QED) is 0.578. The van der Waals surface area contributed by atoms with Crippen molar-refractivity contribution < 1.29 is 4.74 Å². The van der Waals surface area contributed by atoms with Crippen LogP contribution in [0.3, 0.4) is 0 Å². The van der Waals surface area contributed by atoms with Crippen molar-refractivity contribution in [2.24, 2.45) is 0 Å². The third-order valence-electron chi connectivity index (χ3n) is 4.08. The van der Waals surface area contributed by atoms with Crippen molar-refractivity contribution in [2.75, 3.05) is 0 Å². The Morgan fingerprint density at radius 2 is 1.62 bits per heavy atom. The number of rotatable bonds is 1. The van der Waals surface area contributed by atoms with Crippen molar-refractivity contribution in [3.05, 3.63) is 77.9 Å².